The second-order valence-corrected chi connectivity index (χ2v) is 3.10. The maximum atomic E-state index is 11.4. The number of aromatic hydroxyl groups is 1. The Balaban J connectivity index is 2.34. The molecule has 0 amide bonds. The van der Waals surface area contributed by atoms with Gasteiger partial charge >= 0.3 is 0 Å². The molecular formula is C9H11NO3. The fourth-order valence-corrected chi connectivity index (χ4v) is 1.50. The molecule has 4 heteroatoms. The zero-order valence-electron chi connectivity index (χ0n) is 7.14. The summed E-state index contributed by atoms with van der Waals surface area (Å²) in [6, 6.07) is 2.69. The predicted octanol–water partition coefficient (Wildman–Crippen LogP) is 0.863. The normalized spacial score (nSPS) is 22.0. The fourth-order valence-electron chi connectivity index (χ4n) is 1.50. The van der Waals surface area contributed by atoms with Crippen LogP contribution in [0.25, 0.3) is 0 Å². The van der Waals surface area contributed by atoms with Crippen LogP contribution in [0.5, 0.6) is 5.75 Å². The largest absolute Gasteiger partial charge is 0.508 e. The first-order chi connectivity index (χ1) is 6.27. The fraction of sp³-hybridized carbons (Fsp3) is 0.444. The van der Waals surface area contributed by atoms with Gasteiger partial charge in [0.2, 0.25) is 0 Å². The minimum Gasteiger partial charge on any atom is -0.508 e. The quantitative estimate of drug-likeness (QED) is 0.699. The highest BCUT2D eigenvalue weighted by Crippen LogP contribution is 2.21. The van der Waals surface area contributed by atoms with Crippen LogP contribution in [0.15, 0.2) is 23.1 Å². The summed E-state index contributed by atoms with van der Waals surface area (Å²) in [4.78, 5) is 11.4. The maximum Gasteiger partial charge on any atom is 0.256 e. The molecule has 0 aliphatic carbocycles. The number of aromatic nitrogens is 1. The average molecular weight is 181 g/mol. The summed E-state index contributed by atoms with van der Waals surface area (Å²) in [5.41, 5.74) is -0.216. The molecule has 70 valence electrons. The third kappa shape index (κ3) is 1.58. The van der Waals surface area contributed by atoms with Crippen LogP contribution in [0.2, 0.25) is 0 Å². The summed E-state index contributed by atoms with van der Waals surface area (Å²) >= 11 is 0. The lowest BCUT2D eigenvalue weighted by Crippen LogP contribution is -2.22. The second kappa shape index (κ2) is 3.22. The van der Waals surface area contributed by atoms with Crippen molar-refractivity contribution in [2.24, 2.45) is 0 Å². The van der Waals surface area contributed by atoms with E-state index in [1.54, 1.807) is 6.20 Å². The number of ether oxygens (including phenoxy) is 1. The Hall–Kier alpha value is -1.29. The molecule has 1 atom stereocenters. The van der Waals surface area contributed by atoms with Gasteiger partial charge in [0.05, 0.1) is 0 Å². The van der Waals surface area contributed by atoms with Crippen molar-refractivity contribution in [3.05, 3.63) is 28.7 Å². The molecule has 0 aromatic carbocycles. The number of pyridine rings is 1. The van der Waals surface area contributed by atoms with Crippen LogP contribution in [-0.4, -0.2) is 16.3 Å². The van der Waals surface area contributed by atoms with E-state index in [-0.39, 0.29) is 17.5 Å². The molecule has 0 bridgehead atoms. The van der Waals surface area contributed by atoms with Gasteiger partial charge < -0.3 is 9.84 Å². The van der Waals surface area contributed by atoms with Crippen LogP contribution < -0.4 is 5.56 Å². The first-order valence-corrected chi connectivity index (χ1v) is 4.30. The van der Waals surface area contributed by atoms with Gasteiger partial charge in [-0.15, -0.1) is 0 Å². The van der Waals surface area contributed by atoms with Gasteiger partial charge in [0.15, 0.2) is 0 Å². The van der Waals surface area contributed by atoms with Crippen molar-refractivity contribution in [2.45, 2.75) is 19.1 Å². The van der Waals surface area contributed by atoms with Gasteiger partial charge in [-0.25, -0.2) is 0 Å². The number of hydrogen-bond acceptors (Lipinski definition) is 3. The van der Waals surface area contributed by atoms with E-state index in [0.29, 0.717) is 6.61 Å². The summed E-state index contributed by atoms with van der Waals surface area (Å²) in [6.45, 7) is 0.706. The molecule has 0 radical (unpaired) electrons. The minimum absolute atomic E-state index is 0.000697. The number of hydrogen-bond donors (Lipinski definition) is 1. The van der Waals surface area contributed by atoms with E-state index in [0.717, 1.165) is 12.8 Å². The molecule has 1 unspecified atom stereocenters. The highest BCUT2D eigenvalue weighted by atomic mass is 16.5. The summed E-state index contributed by atoms with van der Waals surface area (Å²) in [5.74, 6) is -0.000697. The first-order valence-electron chi connectivity index (χ1n) is 4.30. The predicted molar refractivity (Wildman–Crippen MR) is 46.6 cm³/mol. The Morgan fingerprint density at radius 1 is 1.62 bits per heavy atom. The Labute approximate surface area is 75.4 Å². The molecule has 0 saturated carbocycles. The monoisotopic (exact) mass is 181 g/mol. The van der Waals surface area contributed by atoms with Crippen molar-refractivity contribution in [2.75, 3.05) is 6.61 Å². The van der Waals surface area contributed by atoms with Crippen molar-refractivity contribution in [3.63, 3.8) is 0 Å². The molecule has 1 saturated heterocycles. The molecule has 1 fully saturated rings. The molecule has 1 aliphatic heterocycles. The van der Waals surface area contributed by atoms with E-state index >= 15 is 0 Å². The molecule has 2 rings (SSSR count). The van der Waals surface area contributed by atoms with Gasteiger partial charge in [-0.3, -0.25) is 9.36 Å². The lowest BCUT2D eigenvalue weighted by molar-refractivity contribution is 0.0537. The molecule has 4 nitrogen and oxygen atoms in total. The maximum absolute atomic E-state index is 11.4. The van der Waals surface area contributed by atoms with E-state index in [2.05, 4.69) is 0 Å². The molecule has 1 aromatic heterocycles. The summed E-state index contributed by atoms with van der Waals surface area (Å²) in [5, 5.41) is 9.03. The Morgan fingerprint density at radius 3 is 3.08 bits per heavy atom. The number of nitrogens with zero attached hydrogens (tertiary/aromatic N) is 1. The van der Waals surface area contributed by atoms with Crippen LogP contribution in [0.1, 0.15) is 19.1 Å². The van der Waals surface area contributed by atoms with Crippen LogP contribution in [0.4, 0.5) is 0 Å². The van der Waals surface area contributed by atoms with Crippen LogP contribution >= 0.6 is 0 Å². The molecular weight excluding hydrogens is 170 g/mol. The van der Waals surface area contributed by atoms with Gasteiger partial charge in [0.25, 0.3) is 5.56 Å². The SMILES string of the molecule is O=c1cc(O)ccn1C1CCCO1. The van der Waals surface area contributed by atoms with Gasteiger partial charge in [-0.1, -0.05) is 0 Å². The van der Waals surface area contributed by atoms with E-state index < -0.39 is 0 Å². The third-order valence-electron chi connectivity index (χ3n) is 2.15. The van der Waals surface area contributed by atoms with Gasteiger partial charge in [0.1, 0.15) is 12.0 Å². The van der Waals surface area contributed by atoms with Gasteiger partial charge in [-0.2, -0.15) is 0 Å². The van der Waals surface area contributed by atoms with E-state index in [4.69, 9.17) is 9.84 Å². The van der Waals surface area contributed by atoms with Crippen molar-refractivity contribution in [1.29, 1.82) is 0 Å². The molecule has 13 heavy (non-hydrogen) atoms. The molecule has 1 aliphatic rings. The van der Waals surface area contributed by atoms with Crippen molar-refractivity contribution < 1.29 is 9.84 Å². The standard InChI is InChI=1S/C9H11NO3/c11-7-3-4-10(8(12)6-7)9-2-1-5-13-9/h3-4,6,9,11H,1-2,5H2. The van der Waals surface area contributed by atoms with Crippen LogP contribution in [0, 0.1) is 0 Å². The van der Waals surface area contributed by atoms with E-state index in [9.17, 15) is 4.79 Å². The van der Waals surface area contributed by atoms with Crippen LogP contribution in [-0.2, 0) is 4.74 Å². The van der Waals surface area contributed by atoms with Crippen molar-refractivity contribution in [3.8, 4) is 5.75 Å². The van der Waals surface area contributed by atoms with E-state index in [1.807, 2.05) is 0 Å². The van der Waals surface area contributed by atoms with E-state index in [1.165, 1.54) is 16.7 Å². The summed E-state index contributed by atoms with van der Waals surface area (Å²) in [6.07, 6.45) is 3.27. The molecule has 1 aromatic rings. The summed E-state index contributed by atoms with van der Waals surface area (Å²) < 4.78 is 6.85. The zero-order valence-corrected chi connectivity index (χ0v) is 7.14. The van der Waals surface area contributed by atoms with Gasteiger partial charge in [0, 0.05) is 18.9 Å². The first kappa shape index (κ1) is 8.31. The smallest absolute Gasteiger partial charge is 0.256 e. The molecule has 1 N–H and O–H groups in total. The lowest BCUT2D eigenvalue weighted by Gasteiger charge is -2.12. The minimum atomic E-state index is -0.216. The molecule has 2 heterocycles. The number of rotatable bonds is 1. The molecule has 0 spiro atoms. The lowest BCUT2D eigenvalue weighted by atomic mass is 10.3. The topological polar surface area (TPSA) is 51.5 Å². The van der Waals surface area contributed by atoms with Gasteiger partial charge in [-0.05, 0) is 18.9 Å². The van der Waals surface area contributed by atoms with Crippen LogP contribution in [0.3, 0.4) is 0 Å². The van der Waals surface area contributed by atoms with Crippen molar-refractivity contribution >= 4 is 0 Å². The highest BCUT2D eigenvalue weighted by molar-refractivity contribution is 5.15. The Bertz CT molecular complexity index is 352. The highest BCUT2D eigenvalue weighted by Gasteiger charge is 2.17. The average Bonchev–Trinajstić information content (AvgIpc) is 2.56. The third-order valence-corrected chi connectivity index (χ3v) is 2.15. The second-order valence-electron chi connectivity index (χ2n) is 3.10. The zero-order chi connectivity index (χ0) is 9.26. The van der Waals surface area contributed by atoms with Crippen molar-refractivity contribution in [1.82, 2.24) is 4.57 Å². The Kier molecular flexibility index (Phi) is 2.06. The Morgan fingerprint density at radius 2 is 2.46 bits per heavy atom. The summed E-state index contributed by atoms with van der Waals surface area (Å²) in [7, 11) is 0.